The van der Waals surface area contributed by atoms with Crippen molar-refractivity contribution >= 4 is 35.4 Å². The number of nitrogens with one attached hydrogen (secondary N) is 2. The van der Waals surface area contributed by atoms with E-state index in [2.05, 4.69) is 10.6 Å². The molecule has 0 radical (unpaired) electrons. The van der Waals surface area contributed by atoms with Crippen molar-refractivity contribution in [3.63, 3.8) is 0 Å². The van der Waals surface area contributed by atoms with Crippen LogP contribution in [0.25, 0.3) is 0 Å². The van der Waals surface area contributed by atoms with E-state index in [1.165, 1.54) is 9.80 Å². The first kappa shape index (κ1) is 38.5. The lowest BCUT2D eigenvalue weighted by atomic mass is 9.95. The van der Waals surface area contributed by atoms with E-state index in [0.29, 0.717) is 45.2 Å². The molecule has 7 atom stereocenters. The maximum atomic E-state index is 14.6. The molecule has 280 valence electrons. The second-order valence-corrected chi connectivity index (χ2v) is 14.6. The first-order chi connectivity index (χ1) is 24.9. The van der Waals surface area contributed by atoms with Gasteiger partial charge in [-0.15, -0.1) is 0 Å². The first-order valence-corrected chi connectivity index (χ1v) is 18.8. The third-order valence-electron chi connectivity index (χ3n) is 11.3. The van der Waals surface area contributed by atoms with E-state index < -0.39 is 54.0 Å². The second kappa shape index (κ2) is 17.2. The number of carbonyl (C=O) groups excluding carboxylic acids is 6. The average Bonchev–Trinajstić information content (AvgIpc) is 3.67. The standard InChI is InChI=1S/C40H54N6O6/c1-6-26(2)34-40(52)43(4)27(3)37(49)46-22-14-13-20-32(46)38(50)44(5)33(25-29-18-11-8-12-19-29)39(51)45-23-15-21-31(45)36(48)41-30(35(47)42-34)24-28-16-9-7-10-17-28/h7-12,16-19,26-27,30-34H,6,13-15,20-25H2,1-5H3,(H,41,48)(H,42,47)/t26?,27-,30-,31+,32+,33-,34+/m1/s1. The maximum Gasteiger partial charge on any atom is 0.246 e. The van der Waals surface area contributed by atoms with Gasteiger partial charge in [0.05, 0.1) is 0 Å². The number of benzene rings is 2. The molecule has 12 nitrogen and oxygen atoms in total. The fourth-order valence-corrected chi connectivity index (χ4v) is 7.64. The van der Waals surface area contributed by atoms with Crippen LogP contribution in [0.1, 0.15) is 70.4 Å². The molecular formula is C40H54N6O6. The number of carbonyl (C=O) groups is 6. The molecule has 0 bridgehead atoms. The molecule has 3 aliphatic heterocycles. The molecule has 3 heterocycles. The fourth-order valence-electron chi connectivity index (χ4n) is 7.64. The molecule has 2 aromatic carbocycles. The molecular weight excluding hydrogens is 660 g/mol. The Balaban J connectivity index is 1.58. The van der Waals surface area contributed by atoms with Gasteiger partial charge in [-0.1, -0.05) is 80.9 Å². The largest absolute Gasteiger partial charge is 0.342 e. The van der Waals surface area contributed by atoms with Crippen molar-refractivity contribution in [2.24, 2.45) is 5.92 Å². The van der Waals surface area contributed by atoms with Gasteiger partial charge in [0.25, 0.3) is 0 Å². The predicted molar refractivity (Wildman–Crippen MR) is 196 cm³/mol. The van der Waals surface area contributed by atoms with Gasteiger partial charge in [0.1, 0.15) is 36.3 Å². The summed E-state index contributed by atoms with van der Waals surface area (Å²) >= 11 is 0. The first-order valence-electron chi connectivity index (χ1n) is 18.8. The minimum absolute atomic E-state index is 0.162. The Bertz CT molecular complexity index is 1600. The lowest BCUT2D eigenvalue weighted by Gasteiger charge is -2.42. The van der Waals surface area contributed by atoms with Crippen LogP contribution in [0.4, 0.5) is 0 Å². The van der Waals surface area contributed by atoms with Crippen LogP contribution in [0, 0.1) is 5.92 Å². The Labute approximate surface area is 307 Å². The molecule has 0 aliphatic carbocycles. The lowest BCUT2D eigenvalue weighted by Crippen LogP contribution is -2.63. The Kier molecular flexibility index (Phi) is 12.7. The van der Waals surface area contributed by atoms with E-state index >= 15 is 0 Å². The Morgan fingerprint density at radius 1 is 0.654 bits per heavy atom. The fraction of sp³-hybridized carbons (Fsp3) is 0.550. The summed E-state index contributed by atoms with van der Waals surface area (Å²) < 4.78 is 0. The molecule has 1 unspecified atom stereocenters. The molecule has 2 N–H and O–H groups in total. The van der Waals surface area contributed by atoms with Gasteiger partial charge in [-0.3, -0.25) is 28.8 Å². The Hall–Kier alpha value is -4.74. The Morgan fingerprint density at radius 2 is 1.23 bits per heavy atom. The Morgan fingerprint density at radius 3 is 1.87 bits per heavy atom. The minimum atomic E-state index is -1.05. The number of amides is 6. The van der Waals surface area contributed by atoms with Gasteiger partial charge < -0.3 is 30.2 Å². The zero-order chi connectivity index (χ0) is 37.5. The maximum absolute atomic E-state index is 14.6. The van der Waals surface area contributed by atoms with Crippen molar-refractivity contribution in [3.05, 3.63) is 71.8 Å². The highest BCUT2D eigenvalue weighted by Crippen LogP contribution is 2.26. The van der Waals surface area contributed by atoms with Crippen LogP contribution in [0.5, 0.6) is 0 Å². The van der Waals surface area contributed by atoms with E-state index in [0.717, 1.165) is 17.5 Å². The summed E-state index contributed by atoms with van der Waals surface area (Å²) in [5.41, 5.74) is 1.66. The molecule has 0 aromatic heterocycles. The van der Waals surface area contributed by atoms with Crippen molar-refractivity contribution < 1.29 is 28.8 Å². The van der Waals surface area contributed by atoms with Crippen LogP contribution in [-0.4, -0.2) is 118 Å². The van der Waals surface area contributed by atoms with E-state index in [1.807, 2.05) is 74.5 Å². The van der Waals surface area contributed by atoms with Gasteiger partial charge in [0, 0.05) is 40.0 Å². The number of hydrogen-bond donors (Lipinski definition) is 2. The minimum Gasteiger partial charge on any atom is -0.342 e. The summed E-state index contributed by atoms with van der Waals surface area (Å²) in [6, 6.07) is 13.2. The highest BCUT2D eigenvalue weighted by molar-refractivity contribution is 5.98. The normalized spacial score (nSPS) is 27.7. The van der Waals surface area contributed by atoms with Gasteiger partial charge in [0.2, 0.25) is 35.4 Å². The molecule has 2 aromatic rings. The number of rotatable bonds is 6. The van der Waals surface area contributed by atoms with Crippen molar-refractivity contribution in [1.29, 1.82) is 0 Å². The molecule has 3 aliphatic rings. The smallest absolute Gasteiger partial charge is 0.246 e. The molecule has 3 fully saturated rings. The number of hydrogen-bond acceptors (Lipinski definition) is 6. The lowest BCUT2D eigenvalue weighted by molar-refractivity contribution is -0.156. The SMILES string of the molecule is CCC(C)[C@@H]1NC(=O)[C@@H](Cc2ccccc2)NC(=O)[C@@H]2CCCN2C(=O)[C@@H](Cc2ccccc2)N(C)C(=O)[C@@H]2CCCCN2C(=O)[C@@H](C)N(C)C1=O. The van der Waals surface area contributed by atoms with Crippen molar-refractivity contribution in [3.8, 4) is 0 Å². The van der Waals surface area contributed by atoms with Crippen molar-refractivity contribution in [2.45, 2.75) is 108 Å². The van der Waals surface area contributed by atoms with Gasteiger partial charge in [-0.25, -0.2) is 0 Å². The molecule has 5 rings (SSSR count). The summed E-state index contributed by atoms with van der Waals surface area (Å²) in [7, 11) is 3.15. The summed E-state index contributed by atoms with van der Waals surface area (Å²) in [6.07, 6.45) is 3.79. The zero-order valence-corrected chi connectivity index (χ0v) is 31.1. The van der Waals surface area contributed by atoms with Crippen LogP contribution in [-0.2, 0) is 41.6 Å². The van der Waals surface area contributed by atoms with Gasteiger partial charge >= 0.3 is 0 Å². The predicted octanol–water partition coefficient (Wildman–Crippen LogP) is 2.55. The zero-order valence-electron chi connectivity index (χ0n) is 31.1. The van der Waals surface area contributed by atoms with Gasteiger partial charge in [-0.2, -0.15) is 0 Å². The molecule has 0 saturated carbocycles. The molecule has 3 saturated heterocycles. The third kappa shape index (κ3) is 8.48. The van der Waals surface area contributed by atoms with Crippen molar-refractivity contribution in [1.82, 2.24) is 30.2 Å². The van der Waals surface area contributed by atoms with Crippen LogP contribution in [0.3, 0.4) is 0 Å². The van der Waals surface area contributed by atoms with Crippen LogP contribution < -0.4 is 10.6 Å². The third-order valence-corrected chi connectivity index (χ3v) is 11.3. The molecule has 12 heteroatoms. The summed E-state index contributed by atoms with van der Waals surface area (Å²) in [5, 5.41) is 5.88. The highest BCUT2D eigenvalue weighted by Gasteiger charge is 2.44. The van der Waals surface area contributed by atoms with Gasteiger partial charge in [-0.05, 0) is 56.1 Å². The molecule has 6 amide bonds. The van der Waals surface area contributed by atoms with E-state index in [-0.39, 0.29) is 36.5 Å². The summed E-state index contributed by atoms with van der Waals surface area (Å²) in [5.74, 6) is -2.77. The van der Waals surface area contributed by atoms with E-state index in [4.69, 9.17) is 0 Å². The number of piperidine rings is 1. The number of nitrogens with zero attached hydrogens (tertiary/aromatic N) is 4. The second-order valence-electron chi connectivity index (χ2n) is 14.6. The van der Waals surface area contributed by atoms with Gasteiger partial charge in [0.15, 0.2) is 0 Å². The van der Waals surface area contributed by atoms with Crippen molar-refractivity contribution in [2.75, 3.05) is 27.2 Å². The average molecular weight is 715 g/mol. The van der Waals surface area contributed by atoms with Crippen LogP contribution in [0.2, 0.25) is 0 Å². The quantitative estimate of drug-likeness (QED) is 0.472. The van der Waals surface area contributed by atoms with E-state index in [9.17, 15) is 28.8 Å². The van der Waals surface area contributed by atoms with Crippen LogP contribution in [0.15, 0.2) is 60.7 Å². The number of fused-ring (bicyclic) bond motifs is 2. The molecule has 52 heavy (non-hydrogen) atoms. The topological polar surface area (TPSA) is 139 Å². The van der Waals surface area contributed by atoms with Crippen LogP contribution >= 0.6 is 0 Å². The highest BCUT2D eigenvalue weighted by atomic mass is 16.2. The summed E-state index contributed by atoms with van der Waals surface area (Å²) in [4.78, 5) is 91.7. The molecule has 0 spiro atoms. The number of likely N-dealkylation sites (N-methyl/N-ethyl adjacent to an activating group) is 2. The summed E-state index contributed by atoms with van der Waals surface area (Å²) in [6.45, 7) is 6.09. The monoisotopic (exact) mass is 714 g/mol. The van der Waals surface area contributed by atoms with E-state index in [1.54, 1.807) is 30.8 Å².